The molecule has 0 saturated heterocycles. The molecule has 7 nitrogen and oxygen atoms in total. The van der Waals surface area contributed by atoms with Crippen LogP contribution in [-0.4, -0.2) is 32.7 Å². The number of ether oxygens (including phenoxy) is 2. The summed E-state index contributed by atoms with van der Waals surface area (Å²) in [4.78, 5) is 23.6. The molecule has 24 heavy (non-hydrogen) atoms. The lowest BCUT2D eigenvalue weighted by molar-refractivity contribution is -0.115. The highest BCUT2D eigenvalue weighted by Gasteiger charge is 2.09. The van der Waals surface area contributed by atoms with Crippen molar-refractivity contribution in [2.45, 2.75) is 0 Å². The van der Waals surface area contributed by atoms with E-state index in [2.05, 4.69) is 16.0 Å². The average molecular weight is 329 g/mol. The van der Waals surface area contributed by atoms with E-state index in [1.165, 1.54) is 14.2 Å². The Morgan fingerprint density at radius 1 is 0.875 bits per heavy atom. The number of hydrogen-bond acceptors (Lipinski definition) is 4. The fraction of sp³-hybridized carbons (Fsp3) is 0.176. The van der Waals surface area contributed by atoms with Gasteiger partial charge in [-0.2, -0.15) is 0 Å². The second kappa shape index (κ2) is 8.42. The molecule has 0 bridgehead atoms. The molecular weight excluding hydrogens is 310 g/mol. The van der Waals surface area contributed by atoms with Gasteiger partial charge in [0.2, 0.25) is 5.91 Å². The van der Waals surface area contributed by atoms with Crippen LogP contribution in [0.4, 0.5) is 16.2 Å². The Balaban J connectivity index is 1.84. The minimum Gasteiger partial charge on any atom is -0.493 e. The van der Waals surface area contributed by atoms with E-state index in [1.54, 1.807) is 42.5 Å². The van der Waals surface area contributed by atoms with Crippen molar-refractivity contribution in [3.63, 3.8) is 0 Å². The summed E-state index contributed by atoms with van der Waals surface area (Å²) in [5, 5.41) is 7.78. The van der Waals surface area contributed by atoms with Crippen LogP contribution in [0.2, 0.25) is 0 Å². The minimum absolute atomic E-state index is 0.160. The van der Waals surface area contributed by atoms with Gasteiger partial charge in [-0.25, -0.2) is 4.79 Å². The van der Waals surface area contributed by atoms with E-state index in [0.29, 0.717) is 22.9 Å². The van der Waals surface area contributed by atoms with E-state index in [1.807, 2.05) is 6.07 Å². The molecule has 0 fully saturated rings. The highest BCUT2D eigenvalue weighted by Crippen LogP contribution is 2.29. The van der Waals surface area contributed by atoms with Crippen molar-refractivity contribution in [1.82, 2.24) is 5.32 Å². The van der Waals surface area contributed by atoms with Crippen molar-refractivity contribution in [2.75, 3.05) is 31.4 Å². The quantitative estimate of drug-likeness (QED) is 0.759. The molecule has 0 heterocycles. The number of benzene rings is 2. The summed E-state index contributed by atoms with van der Waals surface area (Å²) in [5.74, 6) is 0.714. The number of hydrogen-bond donors (Lipinski definition) is 3. The molecule has 0 saturated carbocycles. The fourth-order valence-corrected chi connectivity index (χ4v) is 1.98. The van der Waals surface area contributed by atoms with Gasteiger partial charge in [-0.15, -0.1) is 0 Å². The monoisotopic (exact) mass is 329 g/mol. The third kappa shape index (κ3) is 4.91. The molecule has 3 amide bonds. The Morgan fingerprint density at radius 2 is 1.58 bits per heavy atom. The zero-order valence-corrected chi connectivity index (χ0v) is 13.5. The lowest BCUT2D eigenvalue weighted by atomic mass is 10.2. The van der Waals surface area contributed by atoms with Gasteiger partial charge in [0.15, 0.2) is 11.5 Å². The minimum atomic E-state index is -0.455. The third-order valence-electron chi connectivity index (χ3n) is 3.11. The van der Waals surface area contributed by atoms with Crippen LogP contribution in [0.25, 0.3) is 0 Å². The number of methoxy groups -OCH3 is 2. The number of para-hydroxylation sites is 1. The predicted octanol–water partition coefficient (Wildman–Crippen LogP) is 2.46. The average Bonchev–Trinajstić information content (AvgIpc) is 2.60. The van der Waals surface area contributed by atoms with Gasteiger partial charge in [-0.05, 0) is 24.3 Å². The van der Waals surface area contributed by atoms with Crippen LogP contribution < -0.4 is 25.4 Å². The molecule has 7 heteroatoms. The molecule has 0 aliphatic heterocycles. The smallest absolute Gasteiger partial charge is 0.319 e. The maximum absolute atomic E-state index is 11.9. The van der Waals surface area contributed by atoms with Gasteiger partial charge in [0.1, 0.15) is 0 Å². The van der Waals surface area contributed by atoms with Gasteiger partial charge in [0.25, 0.3) is 0 Å². The van der Waals surface area contributed by atoms with E-state index in [9.17, 15) is 9.59 Å². The zero-order chi connectivity index (χ0) is 17.4. The Hall–Kier alpha value is -3.22. The first-order valence-corrected chi connectivity index (χ1v) is 7.24. The van der Waals surface area contributed by atoms with Crippen LogP contribution >= 0.6 is 0 Å². The molecule has 2 rings (SSSR count). The van der Waals surface area contributed by atoms with Crippen LogP contribution in [0.5, 0.6) is 11.5 Å². The Bertz CT molecular complexity index is 704. The number of nitrogens with one attached hydrogen (secondary N) is 3. The van der Waals surface area contributed by atoms with Gasteiger partial charge in [-0.3, -0.25) is 4.79 Å². The maximum Gasteiger partial charge on any atom is 0.319 e. The summed E-state index contributed by atoms with van der Waals surface area (Å²) in [6, 6.07) is 13.5. The van der Waals surface area contributed by atoms with E-state index in [-0.39, 0.29) is 12.5 Å². The summed E-state index contributed by atoms with van der Waals surface area (Å²) in [5.41, 5.74) is 1.19. The van der Waals surface area contributed by atoms with Crippen molar-refractivity contribution in [3.8, 4) is 11.5 Å². The van der Waals surface area contributed by atoms with E-state index in [4.69, 9.17) is 9.47 Å². The van der Waals surface area contributed by atoms with Crippen LogP contribution in [0, 0.1) is 0 Å². The molecule has 0 radical (unpaired) electrons. The van der Waals surface area contributed by atoms with Gasteiger partial charge in [0.05, 0.1) is 20.8 Å². The topological polar surface area (TPSA) is 88.7 Å². The predicted molar refractivity (Wildman–Crippen MR) is 91.6 cm³/mol. The summed E-state index contributed by atoms with van der Waals surface area (Å²) in [7, 11) is 3.05. The summed E-state index contributed by atoms with van der Waals surface area (Å²) >= 11 is 0. The van der Waals surface area contributed by atoms with Gasteiger partial charge in [0, 0.05) is 17.4 Å². The maximum atomic E-state index is 11.9. The normalized spacial score (nSPS) is 9.75. The van der Waals surface area contributed by atoms with E-state index >= 15 is 0 Å². The summed E-state index contributed by atoms with van der Waals surface area (Å²) < 4.78 is 10.3. The number of carbonyl (C=O) groups is 2. The highest BCUT2D eigenvalue weighted by molar-refractivity contribution is 5.97. The SMILES string of the molecule is COc1ccc(NC(=O)CNC(=O)Nc2ccccc2)cc1OC. The number of urea groups is 1. The number of anilines is 2. The van der Waals surface area contributed by atoms with Gasteiger partial charge < -0.3 is 25.4 Å². The van der Waals surface area contributed by atoms with Crippen LogP contribution in [0.15, 0.2) is 48.5 Å². The Kier molecular flexibility index (Phi) is 6.01. The first-order valence-electron chi connectivity index (χ1n) is 7.24. The first-order chi connectivity index (χ1) is 11.6. The van der Waals surface area contributed by atoms with Crippen molar-refractivity contribution in [2.24, 2.45) is 0 Å². The lowest BCUT2D eigenvalue weighted by Crippen LogP contribution is -2.35. The molecule has 0 spiro atoms. The molecule has 0 aromatic heterocycles. The second-order valence-electron chi connectivity index (χ2n) is 4.79. The Morgan fingerprint density at radius 3 is 2.25 bits per heavy atom. The molecule has 2 aromatic carbocycles. The molecule has 3 N–H and O–H groups in total. The molecule has 0 unspecified atom stereocenters. The Labute approximate surface area is 140 Å². The van der Waals surface area contributed by atoms with Crippen molar-refractivity contribution >= 4 is 23.3 Å². The largest absolute Gasteiger partial charge is 0.493 e. The molecule has 0 aliphatic carbocycles. The van der Waals surface area contributed by atoms with Crippen LogP contribution in [0.3, 0.4) is 0 Å². The molecule has 126 valence electrons. The van der Waals surface area contributed by atoms with Gasteiger partial charge >= 0.3 is 6.03 Å². The molecule has 0 atom stereocenters. The van der Waals surface area contributed by atoms with Crippen LogP contribution in [0.1, 0.15) is 0 Å². The van der Waals surface area contributed by atoms with E-state index < -0.39 is 6.03 Å². The van der Waals surface area contributed by atoms with Crippen molar-refractivity contribution in [1.29, 1.82) is 0 Å². The fourth-order valence-electron chi connectivity index (χ4n) is 1.98. The van der Waals surface area contributed by atoms with Crippen molar-refractivity contribution < 1.29 is 19.1 Å². The molecule has 2 aromatic rings. The summed E-state index contributed by atoms with van der Waals surface area (Å²) in [6.45, 7) is -0.160. The zero-order valence-electron chi connectivity index (χ0n) is 13.5. The second-order valence-corrected chi connectivity index (χ2v) is 4.79. The first kappa shape index (κ1) is 17.1. The number of carbonyl (C=O) groups excluding carboxylic acids is 2. The molecule has 0 aliphatic rings. The number of amides is 3. The van der Waals surface area contributed by atoms with Crippen LogP contribution in [-0.2, 0) is 4.79 Å². The van der Waals surface area contributed by atoms with Gasteiger partial charge in [-0.1, -0.05) is 18.2 Å². The highest BCUT2D eigenvalue weighted by atomic mass is 16.5. The summed E-state index contributed by atoms with van der Waals surface area (Å²) in [6.07, 6.45) is 0. The van der Waals surface area contributed by atoms with E-state index in [0.717, 1.165) is 0 Å². The molecular formula is C17H19N3O4. The number of rotatable bonds is 6. The standard InChI is InChI=1S/C17H19N3O4/c1-23-14-9-8-13(10-15(14)24-2)19-16(21)11-18-17(22)20-12-6-4-3-5-7-12/h3-10H,11H2,1-2H3,(H,19,21)(H2,18,20,22). The van der Waals surface area contributed by atoms with Crippen molar-refractivity contribution in [3.05, 3.63) is 48.5 Å². The third-order valence-corrected chi connectivity index (χ3v) is 3.11. The lowest BCUT2D eigenvalue weighted by Gasteiger charge is -2.11.